The van der Waals surface area contributed by atoms with Gasteiger partial charge in [-0.3, -0.25) is 0 Å². The minimum atomic E-state index is -0.142. The lowest BCUT2D eigenvalue weighted by atomic mass is 10.1. The van der Waals surface area contributed by atoms with E-state index >= 15 is 0 Å². The Morgan fingerprint density at radius 1 is 1.62 bits per heavy atom. The normalized spacial score (nSPS) is 30.7. The van der Waals surface area contributed by atoms with Crippen LogP contribution in [0.1, 0.15) is 33.1 Å². The fourth-order valence-electron chi connectivity index (χ4n) is 1.68. The lowest BCUT2D eigenvalue weighted by Crippen LogP contribution is -2.34. The zero-order chi connectivity index (χ0) is 9.68. The molecule has 13 heavy (non-hydrogen) atoms. The van der Waals surface area contributed by atoms with Crippen molar-refractivity contribution in [2.75, 3.05) is 12.3 Å². The van der Waals surface area contributed by atoms with Crippen LogP contribution in [0.5, 0.6) is 0 Å². The molecule has 1 aliphatic heterocycles. The van der Waals surface area contributed by atoms with Crippen LogP contribution in [0, 0.1) is 0 Å². The van der Waals surface area contributed by atoms with Crippen LogP contribution in [0.25, 0.3) is 0 Å². The molecule has 0 radical (unpaired) electrons. The van der Waals surface area contributed by atoms with Crippen molar-refractivity contribution in [2.45, 2.75) is 50.5 Å². The smallest absolute Gasteiger partial charge is 0.0512 e. The van der Waals surface area contributed by atoms with Gasteiger partial charge in [-0.15, -0.1) is 0 Å². The summed E-state index contributed by atoms with van der Waals surface area (Å²) in [5.41, 5.74) is 0. The third-order valence-electron chi connectivity index (χ3n) is 2.58. The minimum Gasteiger partial charge on any atom is -0.393 e. The van der Waals surface area contributed by atoms with E-state index in [-0.39, 0.29) is 6.10 Å². The molecule has 1 fully saturated rings. The number of aliphatic hydroxyl groups is 1. The third-order valence-corrected chi connectivity index (χ3v) is 3.91. The molecule has 1 saturated heterocycles. The van der Waals surface area contributed by atoms with Crippen LogP contribution in [0.4, 0.5) is 0 Å². The van der Waals surface area contributed by atoms with E-state index in [0.29, 0.717) is 6.04 Å². The second kappa shape index (κ2) is 5.89. The summed E-state index contributed by atoms with van der Waals surface area (Å²) < 4.78 is 0. The highest BCUT2D eigenvalue weighted by Crippen LogP contribution is 2.25. The van der Waals surface area contributed by atoms with Gasteiger partial charge in [0.15, 0.2) is 0 Å². The van der Waals surface area contributed by atoms with Gasteiger partial charge in [0.25, 0.3) is 0 Å². The number of thioether (sulfide) groups is 1. The number of aliphatic hydroxyl groups excluding tert-OH is 1. The Morgan fingerprint density at radius 3 is 2.92 bits per heavy atom. The van der Waals surface area contributed by atoms with Crippen LogP contribution in [0.3, 0.4) is 0 Å². The Hall–Kier alpha value is 0.270. The molecule has 1 rings (SSSR count). The topological polar surface area (TPSA) is 32.3 Å². The van der Waals surface area contributed by atoms with Crippen LogP contribution < -0.4 is 5.32 Å². The molecular formula is C10H21NOS. The van der Waals surface area contributed by atoms with E-state index in [1.165, 1.54) is 12.2 Å². The van der Waals surface area contributed by atoms with Crippen molar-refractivity contribution < 1.29 is 5.11 Å². The second-order valence-electron chi connectivity index (χ2n) is 3.92. The molecule has 0 aromatic carbocycles. The highest BCUT2D eigenvalue weighted by molar-refractivity contribution is 8.00. The van der Waals surface area contributed by atoms with E-state index in [2.05, 4.69) is 24.0 Å². The van der Waals surface area contributed by atoms with E-state index in [1.54, 1.807) is 0 Å². The largest absolute Gasteiger partial charge is 0.393 e. The first-order chi connectivity index (χ1) is 6.20. The molecule has 0 aliphatic carbocycles. The van der Waals surface area contributed by atoms with Crippen molar-refractivity contribution in [3.05, 3.63) is 0 Å². The van der Waals surface area contributed by atoms with Crippen LogP contribution in [-0.4, -0.2) is 34.8 Å². The van der Waals surface area contributed by atoms with Crippen molar-refractivity contribution in [3.8, 4) is 0 Å². The molecule has 1 aliphatic rings. The first kappa shape index (κ1) is 11.3. The SMILES string of the molecule is CC(O)CCCNC1CCSC1C. The van der Waals surface area contributed by atoms with Gasteiger partial charge in [0, 0.05) is 11.3 Å². The van der Waals surface area contributed by atoms with Crippen LogP contribution in [0.15, 0.2) is 0 Å². The zero-order valence-corrected chi connectivity index (χ0v) is 9.44. The van der Waals surface area contributed by atoms with Gasteiger partial charge in [0.2, 0.25) is 0 Å². The number of nitrogens with one attached hydrogen (secondary N) is 1. The van der Waals surface area contributed by atoms with E-state index < -0.39 is 0 Å². The quantitative estimate of drug-likeness (QED) is 0.666. The molecule has 0 aromatic heterocycles. The van der Waals surface area contributed by atoms with Crippen LogP contribution in [0.2, 0.25) is 0 Å². The van der Waals surface area contributed by atoms with Crippen molar-refractivity contribution in [2.24, 2.45) is 0 Å². The van der Waals surface area contributed by atoms with E-state index in [9.17, 15) is 0 Å². The molecule has 2 N–H and O–H groups in total. The minimum absolute atomic E-state index is 0.142. The summed E-state index contributed by atoms with van der Waals surface area (Å²) in [5.74, 6) is 1.30. The highest BCUT2D eigenvalue weighted by Gasteiger charge is 2.22. The third kappa shape index (κ3) is 4.34. The predicted octanol–water partition coefficient (Wildman–Crippen LogP) is 1.63. The average molecular weight is 203 g/mol. The molecule has 0 bridgehead atoms. The number of hydrogen-bond acceptors (Lipinski definition) is 3. The van der Waals surface area contributed by atoms with E-state index in [1.807, 2.05) is 6.92 Å². The van der Waals surface area contributed by atoms with E-state index in [0.717, 1.165) is 24.6 Å². The second-order valence-corrected chi connectivity index (χ2v) is 5.40. The summed E-state index contributed by atoms with van der Waals surface area (Å²) in [4.78, 5) is 0. The zero-order valence-electron chi connectivity index (χ0n) is 8.62. The van der Waals surface area contributed by atoms with Crippen LogP contribution in [-0.2, 0) is 0 Å². The van der Waals surface area contributed by atoms with Crippen molar-refractivity contribution in [1.29, 1.82) is 0 Å². The van der Waals surface area contributed by atoms with Gasteiger partial charge in [-0.25, -0.2) is 0 Å². The average Bonchev–Trinajstić information content (AvgIpc) is 2.45. The summed E-state index contributed by atoms with van der Waals surface area (Å²) in [6.07, 6.45) is 3.17. The Labute approximate surface area is 85.5 Å². The fraction of sp³-hybridized carbons (Fsp3) is 1.00. The fourth-order valence-corrected chi connectivity index (χ4v) is 2.91. The molecule has 3 atom stereocenters. The van der Waals surface area contributed by atoms with Crippen molar-refractivity contribution >= 4 is 11.8 Å². The molecule has 0 amide bonds. The lowest BCUT2D eigenvalue weighted by Gasteiger charge is -2.16. The Bertz CT molecular complexity index is 141. The maximum absolute atomic E-state index is 9.06. The lowest BCUT2D eigenvalue weighted by molar-refractivity contribution is 0.181. The van der Waals surface area contributed by atoms with Crippen molar-refractivity contribution in [3.63, 3.8) is 0 Å². The van der Waals surface area contributed by atoms with Gasteiger partial charge in [-0.2, -0.15) is 11.8 Å². The molecular weight excluding hydrogens is 182 g/mol. The summed E-state index contributed by atoms with van der Waals surface area (Å²) in [6.45, 7) is 5.21. The van der Waals surface area contributed by atoms with E-state index in [4.69, 9.17) is 5.11 Å². The molecule has 3 heteroatoms. The van der Waals surface area contributed by atoms with Crippen LogP contribution >= 0.6 is 11.8 Å². The molecule has 0 saturated carbocycles. The predicted molar refractivity (Wildman–Crippen MR) is 59.2 cm³/mol. The highest BCUT2D eigenvalue weighted by atomic mass is 32.2. The standard InChI is InChI=1S/C10H21NOS/c1-8(12)4-3-6-11-10-5-7-13-9(10)2/h8-12H,3-7H2,1-2H3. The van der Waals surface area contributed by atoms with Gasteiger partial charge in [-0.1, -0.05) is 6.92 Å². The van der Waals surface area contributed by atoms with Gasteiger partial charge < -0.3 is 10.4 Å². The summed E-state index contributed by atoms with van der Waals surface area (Å²) >= 11 is 2.06. The Kier molecular flexibility index (Phi) is 5.14. The molecule has 2 nitrogen and oxygen atoms in total. The van der Waals surface area contributed by atoms with Crippen molar-refractivity contribution in [1.82, 2.24) is 5.32 Å². The Balaban J connectivity index is 1.99. The first-order valence-corrected chi connectivity index (χ1v) is 6.28. The number of hydrogen-bond donors (Lipinski definition) is 2. The molecule has 0 spiro atoms. The number of rotatable bonds is 5. The van der Waals surface area contributed by atoms with Gasteiger partial charge in [0.1, 0.15) is 0 Å². The maximum atomic E-state index is 9.06. The molecule has 78 valence electrons. The summed E-state index contributed by atoms with van der Waals surface area (Å²) in [7, 11) is 0. The van der Waals surface area contributed by atoms with Gasteiger partial charge >= 0.3 is 0 Å². The molecule has 1 heterocycles. The maximum Gasteiger partial charge on any atom is 0.0512 e. The molecule has 3 unspecified atom stereocenters. The first-order valence-electron chi connectivity index (χ1n) is 5.23. The van der Waals surface area contributed by atoms with Gasteiger partial charge in [0.05, 0.1) is 6.10 Å². The summed E-state index contributed by atoms with van der Waals surface area (Å²) in [5, 5.41) is 13.4. The molecule has 0 aromatic rings. The monoisotopic (exact) mass is 203 g/mol. The van der Waals surface area contributed by atoms with Gasteiger partial charge in [-0.05, 0) is 38.5 Å². The summed E-state index contributed by atoms with van der Waals surface area (Å²) in [6, 6.07) is 0.707. The Morgan fingerprint density at radius 2 is 2.38 bits per heavy atom.